The van der Waals surface area contributed by atoms with E-state index in [-0.39, 0.29) is 5.60 Å². The molecule has 0 saturated heterocycles. The van der Waals surface area contributed by atoms with E-state index in [1.54, 1.807) is 12.4 Å². The highest BCUT2D eigenvalue weighted by Crippen LogP contribution is 2.37. The van der Waals surface area contributed by atoms with E-state index >= 15 is 0 Å². The van der Waals surface area contributed by atoms with Crippen molar-refractivity contribution in [2.75, 3.05) is 13.7 Å². The van der Waals surface area contributed by atoms with Crippen molar-refractivity contribution in [1.29, 1.82) is 0 Å². The average Bonchev–Trinajstić information content (AvgIpc) is 2.90. The molecular formula is C15H23ClN2O. The monoisotopic (exact) mass is 282 g/mol. The van der Waals surface area contributed by atoms with E-state index < -0.39 is 0 Å². The molecule has 3 nitrogen and oxygen atoms in total. The van der Waals surface area contributed by atoms with E-state index in [4.69, 9.17) is 16.3 Å². The number of hydrogen-bond donors (Lipinski definition) is 1. The molecule has 1 N–H and O–H groups in total. The lowest BCUT2D eigenvalue weighted by atomic mass is 9.87. The number of halogens is 1. The number of hydrogen-bond acceptors (Lipinski definition) is 3. The van der Waals surface area contributed by atoms with Gasteiger partial charge in [0.05, 0.1) is 10.6 Å². The molecule has 1 heterocycles. The first kappa shape index (κ1) is 14.8. The topological polar surface area (TPSA) is 34.2 Å². The molecule has 0 aromatic carbocycles. The summed E-state index contributed by atoms with van der Waals surface area (Å²) in [6.07, 6.45) is 9.17. The van der Waals surface area contributed by atoms with Crippen LogP contribution in [0.5, 0.6) is 0 Å². The molecule has 19 heavy (non-hydrogen) atoms. The molecule has 1 fully saturated rings. The fourth-order valence-corrected chi connectivity index (χ4v) is 3.34. The van der Waals surface area contributed by atoms with Gasteiger partial charge >= 0.3 is 0 Å². The van der Waals surface area contributed by atoms with Crippen molar-refractivity contribution in [2.45, 2.75) is 50.7 Å². The van der Waals surface area contributed by atoms with Gasteiger partial charge in [-0.2, -0.15) is 0 Å². The minimum Gasteiger partial charge on any atom is -0.377 e. The van der Waals surface area contributed by atoms with Crippen molar-refractivity contribution in [3.8, 4) is 0 Å². The van der Waals surface area contributed by atoms with Gasteiger partial charge in [-0.05, 0) is 37.4 Å². The summed E-state index contributed by atoms with van der Waals surface area (Å²) in [4.78, 5) is 4.05. The molecule has 1 unspecified atom stereocenters. The molecule has 2 rings (SSSR count). The van der Waals surface area contributed by atoms with E-state index in [9.17, 15) is 0 Å². The summed E-state index contributed by atoms with van der Waals surface area (Å²) in [7, 11) is 1.84. The van der Waals surface area contributed by atoms with E-state index in [1.165, 1.54) is 12.8 Å². The average molecular weight is 283 g/mol. The van der Waals surface area contributed by atoms with Crippen LogP contribution in [0.25, 0.3) is 0 Å². The molecule has 4 heteroatoms. The summed E-state index contributed by atoms with van der Waals surface area (Å²) < 4.78 is 5.90. The number of methoxy groups -OCH3 is 1. The highest BCUT2D eigenvalue weighted by atomic mass is 35.5. The summed E-state index contributed by atoms with van der Waals surface area (Å²) in [5.74, 6) is 0. The summed E-state index contributed by atoms with van der Waals surface area (Å²) in [5.41, 5.74) is 1.11. The largest absolute Gasteiger partial charge is 0.377 e. The third-order valence-electron chi connectivity index (χ3n) is 4.22. The van der Waals surface area contributed by atoms with Crippen molar-refractivity contribution in [3.63, 3.8) is 0 Å². The normalized spacial score (nSPS) is 19.5. The zero-order valence-electron chi connectivity index (χ0n) is 11.8. The first-order chi connectivity index (χ1) is 9.22. The van der Waals surface area contributed by atoms with E-state index in [0.29, 0.717) is 6.04 Å². The maximum Gasteiger partial charge on any atom is 0.0834 e. The van der Waals surface area contributed by atoms with Crippen LogP contribution in [0.4, 0.5) is 0 Å². The van der Waals surface area contributed by atoms with Crippen molar-refractivity contribution < 1.29 is 4.74 Å². The van der Waals surface area contributed by atoms with E-state index in [0.717, 1.165) is 36.4 Å². The standard InChI is InChI=1S/C15H23ClN2O/c1-3-18-14(15(19-2)7-4-5-8-15)10-12-6-9-17-11-13(12)16/h6,9,11,14,18H,3-5,7-8,10H2,1-2H3. The highest BCUT2D eigenvalue weighted by Gasteiger charge is 2.41. The number of ether oxygens (including phenoxy) is 1. The zero-order valence-corrected chi connectivity index (χ0v) is 12.5. The lowest BCUT2D eigenvalue weighted by Gasteiger charge is -2.37. The summed E-state index contributed by atoms with van der Waals surface area (Å²) >= 11 is 6.23. The molecule has 0 spiro atoms. The Bertz CT molecular complexity index is 405. The number of aromatic nitrogens is 1. The van der Waals surface area contributed by atoms with Crippen LogP contribution >= 0.6 is 11.6 Å². The predicted octanol–water partition coefficient (Wildman–Crippen LogP) is 3.21. The van der Waals surface area contributed by atoms with Gasteiger partial charge in [-0.1, -0.05) is 31.4 Å². The second-order valence-electron chi connectivity index (χ2n) is 5.26. The Balaban J connectivity index is 2.18. The third kappa shape index (κ3) is 3.28. The van der Waals surface area contributed by atoms with Gasteiger partial charge in [-0.3, -0.25) is 4.98 Å². The first-order valence-corrected chi connectivity index (χ1v) is 7.46. The van der Waals surface area contributed by atoms with Gasteiger partial charge < -0.3 is 10.1 Å². The summed E-state index contributed by atoms with van der Waals surface area (Å²) in [6.45, 7) is 3.08. The van der Waals surface area contributed by atoms with Crippen LogP contribution in [0.2, 0.25) is 5.02 Å². The SMILES string of the molecule is CCNC(Cc1ccncc1Cl)C1(OC)CCCC1. The maximum atomic E-state index is 6.23. The molecule has 1 saturated carbocycles. The Hall–Kier alpha value is -0.640. The highest BCUT2D eigenvalue weighted by molar-refractivity contribution is 6.31. The molecule has 1 aliphatic carbocycles. The Morgan fingerprint density at radius 1 is 1.47 bits per heavy atom. The van der Waals surface area contributed by atoms with Gasteiger partial charge in [-0.15, -0.1) is 0 Å². The minimum absolute atomic E-state index is 0.0391. The van der Waals surface area contributed by atoms with Gasteiger partial charge in [0.1, 0.15) is 0 Å². The predicted molar refractivity (Wildman–Crippen MR) is 78.6 cm³/mol. The van der Waals surface area contributed by atoms with Gasteiger partial charge in [0, 0.05) is 25.5 Å². The van der Waals surface area contributed by atoms with Crippen LogP contribution in [0.1, 0.15) is 38.2 Å². The maximum absolute atomic E-state index is 6.23. The van der Waals surface area contributed by atoms with Crippen molar-refractivity contribution in [2.24, 2.45) is 0 Å². The molecule has 0 amide bonds. The van der Waals surface area contributed by atoms with Crippen LogP contribution in [0.3, 0.4) is 0 Å². The number of nitrogens with zero attached hydrogens (tertiary/aromatic N) is 1. The van der Waals surface area contributed by atoms with Gasteiger partial charge in [0.25, 0.3) is 0 Å². The molecule has 1 aromatic rings. The zero-order chi connectivity index (χ0) is 13.7. The van der Waals surface area contributed by atoms with Crippen LogP contribution in [0.15, 0.2) is 18.5 Å². The molecular weight excluding hydrogens is 260 g/mol. The fourth-order valence-electron chi connectivity index (χ4n) is 3.15. The molecule has 106 valence electrons. The Labute approximate surface area is 120 Å². The summed E-state index contributed by atoms with van der Waals surface area (Å²) in [5, 5.41) is 4.33. The van der Waals surface area contributed by atoms with Crippen molar-refractivity contribution >= 4 is 11.6 Å². The Morgan fingerprint density at radius 2 is 2.21 bits per heavy atom. The number of nitrogens with one attached hydrogen (secondary N) is 1. The van der Waals surface area contributed by atoms with Crippen LogP contribution in [-0.2, 0) is 11.2 Å². The van der Waals surface area contributed by atoms with Gasteiger partial charge in [0.15, 0.2) is 0 Å². The smallest absolute Gasteiger partial charge is 0.0834 e. The Morgan fingerprint density at radius 3 is 2.79 bits per heavy atom. The number of rotatable bonds is 6. The second-order valence-corrected chi connectivity index (χ2v) is 5.66. The van der Waals surface area contributed by atoms with E-state index in [1.807, 2.05) is 13.2 Å². The van der Waals surface area contributed by atoms with Crippen molar-refractivity contribution in [1.82, 2.24) is 10.3 Å². The first-order valence-electron chi connectivity index (χ1n) is 7.09. The van der Waals surface area contributed by atoms with Crippen LogP contribution < -0.4 is 5.32 Å². The molecule has 1 aliphatic rings. The minimum atomic E-state index is -0.0391. The second kappa shape index (κ2) is 6.69. The molecule has 0 bridgehead atoms. The lowest BCUT2D eigenvalue weighted by Crippen LogP contribution is -2.51. The molecule has 1 atom stereocenters. The quantitative estimate of drug-likeness (QED) is 0.870. The van der Waals surface area contributed by atoms with Gasteiger partial charge in [0.2, 0.25) is 0 Å². The van der Waals surface area contributed by atoms with Crippen LogP contribution in [-0.4, -0.2) is 30.3 Å². The fraction of sp³-hybridized carbons (Fsp3) is 0.667. The number of pyridine rings is 1. The summed E-state index contributed by atoms with van der Waals surface area (Å²) in [6, 6.07) is 2.32. The Kier molecular flexibility index (Phi) is 5.20. The van der Waals surface area contributed by atoms with Gasteiger partial charge in [-0.25, -0.2) is 0 Å². The lowest BCUT2D eigenvalue weighted by molar-refractivity contribution is -0.0351. The molecule has 0 aliphatic heterocycles. The van der Waals surface area contributed by atoms with Crippen LogP contribution in [0, 0.1) is 0 Å². The molecule has 1 aromatic heterocycles. The molecule has 0 radical (unpaired) electrons. The third-order valence-corrected chi connectivity index (χ3v) is 4.56. The van der Waals surface area contributed by atoms with E-state index in [2.05, 4.69) is 17.2 Å². The number of likely N-dealkylation sites (N-methyl/N-ethyl adjacent to an activating group) is 1. The van der Waals surface area contributed by atoms with Crippen molar-refractivity contribution in [3.05, 3.63) is 29.0 Å².